The van der Waals surface area contributed by atoms with E-state index in [4.69, 9.17) is 0 Å². The van der Waals surface area contributed by atoms with Gasteiger partial charge in [0.25, 0.3) is 0 Å². The summed E-state index contributed by atoms with van der Waals surface area (Å²) >= 11 is 0. The number of hydrogen-bond donors (Lipinski definition) is 0. The van der Waals surface area contributed by atoms with Gasteiger partial charge >= 0.3 is 0 Å². The molecule has 0 radical (unpaired) electrons. The van der Waals surface area contributed by atoms with Crippen molar-refractivity contribution in [2.24, 2.45) is 0 Å². The lowest BCUT2D eigenvalue weighted by Gasteiger charge is -2.16. The third-order valence-electron chi connectivity index (χ3n) is 3.45. The minimum absolute atomic E-state index is 0.0957. The van der Waals surface area contributed by atoms with Gasteiger partial charge in [0.2, 0.25) is 5.91 Å². The van der Waals surface area contributed by atoms with Crippen molar-refractivity contribution in [1.29, 1.82) is 0 Å². The lowest BCUT2D eigenvalue weighted by Crippen LogP contribution is -2.24. The number of likely N-dealkylation sites (N-methyl/N-ethyl adjacent to an activating group) is 1. The molecule has 22 heavy (non-hydrogen) atoms. The Morgan fingerprint density at radius 3 is 2.36 bits per heavy atom. The van der Waals surface area contributed by atoms with E-state index < -0.39 is 0 Å². The highest BCUT2D eigenvalue weighted by Crippen LogP contribution is 2.11. The first-order valence-electron chi connectivity index (χ1n) is 7.15. The highest BCUT2D eigenvalue weighted by Gasteiger charge is 2.07. The van der Waals surface area contributed by atoms with Gasteiger partial charge in [0, 0.05) is 24.7 Å². The number of hydrogen-bond acceptors (Lipinski definition) is 1. The summed E-state index contributed by atoms with van der Waals surface area (Å²) in [4.78, 5) is 13.2. The fraction of sp³-hybridized carbons (Fsp3) is 0.150. The molecular formula is C20H19NO. The maximum Gasteiger partial charge on any atom is 0.245 e. The second kappa shape index (κ2) is 7.28. The average Bonchev–Trinajstić information content (AvgIpc) is 2.54. The van der Waals surface area contributed by atoms with E-state index in [1.807, 2.05) is 55.5 Å². The number of rotatable bonds is 3. The molecule has 0 unspecified atom stereocenters. The van der Waals surface area contributed by atoms with Gasteiger partial charge in [0.15, 0.2) is 0 Å². The van der Waals surface area contributed by atoms with Crippen molar-refractivity contribution >= 4 is 5.91 Å². The van der Waals surface area contributed by atoms with Crippen LogP contribution in [0.2, 0.25) is 0 Å². The summed E-state index contributed by atoms with van der Waals surface area (Å²) in [6.45, 7) is 6.08. The predicted molar refractivity (Wildman–Crippen MR) is 90.3 cm³/mol. The van der Waals surface area contributed by atoms with E-state index in [2.05, 4.69) is 18.4 Å². The van der Waals surface area contributed by atoms with Crippen LogP contribution in [0, 0.1) is 18.8 Å². The molecule has 0 saturated carbocycles. The van der Waals surface area contributed by atoms with Crippen molar-refractivity contribution in [1.82, 2.24) is 4.90 Å². The van der Waals surface area contributed by atoms with Gasteiger partial charge in [-0.1, -0.05) is 54.8 Å². The largest absolute Gasteiger partial charge is 0.338 e. The van der Waals surface area contributed by atoms with Gasteiger partial charge in [0.1, 0.15) is 0 Å². The summed E-state index contributed by atoms with van der Waals surface area (Å²) in [5.41, 5.74) is 4.15. The van der Waals surface area contributed by atoms with E-state index in [0.717, 1.165) is 22.3 Å². The minimum Gasteiger partial charge on any atom is -0.338 e. The molecule has 2 heteroatoms. The normalized spacial score (nSPS) is 9.55. The van der Waals surface area contributed by atoms with E-state index in [0.29, 0.717) is 6.54 Å². The van der Waals surface area contributed by atoms with Crippen molar-refractivity contribution < 1.29 is 4.79 Å². The van der Waals surface area contributed by atoms with Gasteiger partial charge in [0.05, 0.1) is 0 Å². The van der Waals surface area contributed by atoms with Crippen molar-refractivity contribution in [3.8, 4) is 11.8 Å². The highest BCUT2D eigenvalue weighted by atomic mass is 16.2. The smallest absolute Gasteiger partial charge is 0.245 e. The topological polar surface area (TPSA) is 20.3 Å². The molecule has 0 N–H and O–H groups in total. The molecular weight excluding hydrogens is 270 g/mol. The van der Waals surface area contributed by atoms with Crippen LogP contribution < -0.4 is 0 Å². The quantitative estimate of drug-likeness (QED) is 0.625. The van der Waals surface area contributed by atoms with Crippen LogP contribution in [0.5, 0.6) is 0 Å². The van der Waals surface area contributed by atoms with Crippen LogP contribution >= 0.6 is 0 Å². The first kappa shape index (κ1) is 15.6. The molecule has 0 aromatic heterocycles. The summed E-state index contributed by atoms with van der Waals surface area (Å²) < 4.78 is 0. The molecule has 0 fully saturated rings. The molecule has 1 amide bonds. The molecule has 110 valence electrons. The minimum atomic E-state index is -0.0957. The Hall–Kier alpha value is -2.79. The zero-order chi connectivity index (χ0) is 15.9. The third kappa shape index (κ3) is 3.86. The fourth-order valence-corrected chi connectivity index (χ4v) is 2.12. The van der Waals surface area contributed by atoms with Crippen LogP contribution in [0.3, 0.4) is 0 Å². The number of amides is 1. The first-order chi connectivity index (χ1) is 10.6. The van der Waals surface area contributed by atoms with Gasteiger partial charge in [-0.25, -0.2) is 0 Å². The Balaban J connectivity index is 2.28. The van der Waals surface area contributed by atoms with Gasteiger partial charge < -0.3 is 4.90 Å². The van der Waals surface area contributed by atoms with E-state index in [-0.39, 0.29) is 5.91 Å². The van der Waals surface area contributed by atoms with Crippen molar-refractivity contribution in [3.63, 3.8) is 0 Å². The van der Waals surface area contributed by atoms with Crippen molar-refractivity contribution in [2.45, 2.75) is 13.5 Å². The summed E-state index contributed by atoms with van der Waals surface area (Å²) in [5.74, 6) is 6.34. The van der Waals surface area contributed by atoms with E-state index in [1.54, 1.807) is 11.9 Å². The second-order valence-electron chi connectivity index (χ2n) is 5.12. The second-order valence-corrected chi connectivity index (χ2v) is 5.12. The van der Waals surface area contributed by atoms with Crippen LogP contribution in [0.25, 0.3) is 0 Å². The van der Waals surface area contributed by atoms with Gasteiger partial charge in [-0.05, 0) is 36.3 Å². The van der Waals surface area contributed by atoms with Crippen LogP contribution in [-0.4, -0.2) is 17.9 Å². The molecule has 0 aliphatic carbocycles. The molecule has 0 aliphatic heterocycles. The number of carbonyl (C=O) groups is 1. The summed E-state index contributed by atoms with van der Waals surface area (Å²) in [5, 5.41) is 0. The molecule has 0 aliphatic rings. The number of benzene rings is 2. The molecule has 0 heterocycles. The zero-order valence-electron chi connectivity index (χ0n) is 13.0. The lowest BCUT2D eigenvalue weighted by atomic mass is 10.1. The predicted octanol–water partition coefficient (Wildman–Crippen LogP) is 3.54. The molecule has 0 spiro atoms. The molecule has 2 aromatic rings. The maximum atomic E-state index is 11.6. The highest BCUT2D eigenvalue weighted by molar-refractivity contribution is 5.86. The lowest BCUT2D eigenvalue weighted by molar-refractivity contribution is -0.125. The number of nitrogens with zero attached hydrogens (tertiary/aromatic N) is 1. The average molecular weight is 289 g/mol. The summed E-state index contributed by atoms with van der Waals surface area (Å²) in [6, 6.07) is 15.9. The Morgan fingerprint density at radius 1 is 1.09 bits per heavy atom. The molecule has 2 rings (SSSR count). The van der Waals surface area contributed by atoms with Crippen molar-refractivity contribution in [3.05, 3.63) is 83.4 Å². The SMILES string of the molecule is C=CC(=O)N(C)Cc1ccccc1C#Cc1ccccc1C. The van der Waals surface area contributed by atoms with Crippen LogP contribution in [0.1, 0.15) is 22.3 Å². The van der Waals surface area contributed by atoms with E-state index >= 15 is 0 Å². The standard InChI is InChI=1S/C20H19NO/c1-4-20(22)21(3)15-19-12-8-7-11-18(19)14-13-17-10-6-5-9-16(17)2/h4-12H,1,15H2,2-3H3. The molecule has 0 atom stereocenters. The zero-order valence-corrected chi connectivity index (χ0v) is 13.0. The Bertz CT molecular complexity index is 750. The molecule has 0 bridgehead atoms. The molecule has 2 aromatic carbocycles. The maximum absolute atomic E-state index is 11.6. The number of aryl methyl sites for hydroxylation is 1. The summed E-state index contributed by atoms with van der Waals surface area (Å²) in [6.07, 6.45) is 1.32. The van der Waals surface area contributed by atoms with Gasteiger partial charge in [-0.2, -0.15) is 0 Å². The van der Waals surface area contributed by atoms with E-state index in [1.165, 1.54) is 6.08 Å². The van der Waals surface area contributed by atoms with Crippen LogP contribution in [0.15, 0.2) is 61.2 Å². The first-order valence-corrected chi connectivity index (χ1v) is 7.15. The molecule has 2 nitrogen and oxygen atoms in total. The van der Waals surface area contributed by atoms with E-state index in [9.17, 15) is 4.79 Å². The Kier molecular flexibility index (Phi) is 5.16. The monoisotopic (exact) mass is 289 g/mol. The Morgan fingerprint density at radius 2 is 1.68 bits per heavy atom. The van der Waals surface area contributed by atoms with Crippen LogP contribution in [0.4, 0.5) is 0 Å². The van der Waals surface area contributed by atoms with Crippen LogP contribution in [-0.2, 0) is 11.3 Å². The fourth-order valence-electron chi connectivity index (χ4n) is 2.12. The number of carbonyl (C=O) groups excluding carboxylic acids is 1. The summed E-state index contributed by atoms with van der Waals surface area (Å²) in [7, 11) is 1.76. The van der Waals surface area contributed by atoms with Gasteiger partial charge in [-0.15, -0.1) is 0 Å². The van der Waals surface area contributed by atoms with Crippen molar-refractivity contribution in [2.75, 3.05) is 7.05 Å². The van der Waals surface area contributed by atoms with Gasteiger partial charge in [-0.3, -0.25) is 4.79 Å². The Labute approximate surface area is 132 Å². The molecule has 0 saturated heterocycles. The third-order valence-corrected chi connectivity index (χ3v) is 3.45.